The van der Waals surface area contributed by atoms with Crippen molar-refractivity contribution in [1.82, 2.24) is 9.88 Å². The standard InChI is InChI=1S/C25H22ClN3O/c1-29-15-14-21-20-4-2-3-5-22(20)28-23(21)24(29)16-8-12-19(13-9-16)27-25(30)17-6-10-18(26)11-7-17/h2-13,24,28H,14-15H2,1H3,(H,27,30). The molecule has 4 aromatic rings. The fourth-order valence-electron chi connectivity index (χ4n) is 4.34. The maximum atomic E-state index is 12.5. The number of hydrogen-bond acceptors (Lipinski definition) is 2. The van der Waals surface area contributed by atoms with Crippen molar-refractivity contribution in [3.8, 4) is 0 Å². The van der Waals surface area contributed by atoms with Crippen LogP contribution < -0.4 is 5.32 Å². The van der Waals surface area contributed by atoms with Gasteiger partial charge in [0.05, 0.1) is 6.04 Å². The number of hydrogen-bond donors (Lipinski definition) is 2. The maximum Gasteiger partial charge on any atom is 0.255 e. The zero-order valence-corrected chi connectivity index (χ0v) is 17.4. The van der Waals surface area contributed by atoms with Gasteiger partial charge in [0.25, 0.3) is 5.91 Å². The van der Waals surface area contributed by atoms with E-state index in [2.05, 4.69) is 58.6 Å². The SMILES string of the molecule is CN1CCc2c([nH]c3ccccc23)C1c1ccc(NC(=O)c2ccc(Cl)cc2)cc1. The summed E-state index contributed by atoms with van der Waals surface area (Å²) in [7, 11) is 2.16. The molecule has 150 valence electrons. The molecule has 0 saturated heterocycles. The monoisotopic (exact) mass is 415 g/mol. The van der Waals surface area contributed by atoms with E-state index in [4.69, 9.17) is 11.6 Å². The lowest BCUT2D eigenvalue weighted by Gasteiger charge is -2.33. The average molecular weight is 416 g/mol. The normalized spacial score (nSPS) is 16.4. The number of para-hydroxylation sites is 1. The molecule has 0 aliphatic carbocycles. The summed E-state index contributed by atoms with van der Waals surface area (Å²) < 4.78 is 0. The van der Waals surface area contributed by atoms with Crippen molar-refractivity contribution < 1.29 is 4.79 Å². The van der Waals surface area contributed by atoms with Crippen LogP contribution >= 0.6 is 11.6 Å². The zero-order valence-electron chi connectivity index (χ0n) is 16.7. The van der Waals surface area contributed by atoms with E-state index in [1.807, 2.05) is 12.1 Å². The first-order chi connectivity index (χ1) is 14.6. The Morgan fingerprint density at radius 1 is 1.03 bits per heavy atom. The Balaban J connectivity index is 1.42. The van der Waals surface area contributed by atoms with Crippen LogP contribution in [0.5, 0.6) is 0 Å². The molecule has 0 fully saturated rings. The van der Waals surface area contributed by atoms with E-state index >= 15 is 0 Å². The molecule has 0 radical (unpaired) electrons. The van der Waals surface area contributed by atoms with E-state index in [0.717, 1.165) is 18.7 Å². The highest BCUT2D eigenvalue weighted by molar-refractivity contribution is 6.30. The van der Waals surface area contributed by atoms with E-state index in [1.165, 1.54) is 27.7 Å². The van der Waals surface area contributed by atoms with Crippen molar-refractivity contribution in [2.75, 3.05) is 18.9 Å². The lowest BCUT2D eigenvalue weighted by molar-refractivity contribution is 0.102. The van der Waals surface area contributed by atoms with E-state index in [0.29, 0.717) is 10.6 Å². The number of likely N-dealkylation sites (N-methyl/N-ethyl adjacent to an activating group) is 1. The summed E-state index contributed by atoms with van der Waals surface area (Å²) in [5.41, 5.74) is 6.42. The molecule has 5 heteroatoms. The van der Waals surface area contributed by atoms with Crippen LogP contribution in [0.25, 0.3) is 10.9 Å². The minimum Gasteiger partial charge on any atom is -0.357 e. The lowest BCUT2D eigenvalue weighted by atomic mass is 9.93. The number of fused-ring (bicyclic) bond motifs is 3. The first-order valence-corrected chi connectivity index (χ1v) is 10.4. The third-order valence-corrected chi connectivity index (χ3v) is 6.12. The number of H-pyrrole nitrogens is 1. The van der Waals surface area contributed by atoms with Gasteiger partial charge >= 0.3 is 0 Å². The minimum atomic E-state index is -0.146. The van der Waals surface area contributed by atoms with Gasteiger partial charge < -0.3 is 10.3 Å². The molecular formula is C25H22ClN3O. The summed E-state index contributed by atoms with van der Waals surface area (Å²) in [6, 6.07) is 23.7. The molecule has 0 spiro atoms. The topological polar surface area (TPSA) is 48.1 Å². The highest BCUT2D eigenvalue weighted by atomic mass is 35.5. The lowest BCUT2D eigenvalue weighted by Crippen LogP contribution is -2.32. The Morgan fingerprint density at radius 3 is 2.53 bits per heavy atom. The largest absolute Gasteiger partial charge is 0.357 e. The quantitative estimate of drug-likeness (QED) is 0.454. The summed E-state index contributed by atoms with van der Waals surface area (Å²) in [4.78, 5) is 18.5. The number of carbonyl (C=O) groups excluding carboxylic acids is 1. The summed E-state index contributed by atoms with van der Waals surface area (Å²) in [6.07, 6.45) is 1.04. The predicted octanol–water partition coefficient (Wildman–Crippen LogP) is 5.65. The van der Waals surface area contributed by atoms with Gasteiger partial charge in [-0.3, -0.25) is 9.69 Å². The Labute approximate surface area is 180 Å². The Kier molecular flexibility index (Phi) is 4.81. The van der Waals surface area contributed by atoms with E-state index in [9.17, 15) is 4.79 Å². The number of nitrogens with one attached hydrogen (secondary N) is 2. The van der Waals surface area contributed by atoms with Crippen molar-refractivity contribution in [3.05, 3.63) is 100 Å². The number of benzene rings is 3. The summed E-state index contributed by atoms with van der Waals surface area (Å²) in [6.45, 7) is 1.01. The number of anilines is 1. The van der Waals surface area contributed by atoms with Crippen molar-refractivity contribution in [1.29, 1.82) is 0 Å². The molecule has 0 saturated carbocycles. The van der Waals surface area contributed by atoms with Gasteiger partial charge in [-0.05, 0) is 67.1 Å². The van der Waals surface area contributed by atoms with Gasteiger partial charge in [0.2, 0.25) is 0 Å². The second-order valence-electron chi connectivity index (χ2n) is 7.78. The molecule has 30 heavy (non-hydrogen) atoms. The molecule has 1 unspecified atom stereocenters. The molecule has 1 aliphatic heterocycles. The summed E-state index contributed by atoms with van der Waals surface area (Å²) >= 11 is 5.90. The number of rotatable bonds is 3. The van der Waals surface area contributed by atoms with Crippen molar-refractivity contribution >= 4 is 34.1 Å². The minimum absolute atomic E-state index is 0.146. The second-order valence-corrected chi connectivity index (χ2v) is 8.22. The smallest absolute Gasteiger partial charge is 0.255 e. The average Bonchev–Trinajstić information content (AvgIpc) is 3.13. The number of amides is 1. The van der Waals surface area contributed by atoms with Gasteiger partial charge in [-0.25, -0.2) is 0 Å². The van der Waals surface area contributed by atoms with Crippen LogP contribution in [-0.4, -0.2) is 29.4 Å². The van der Waals surface area contributed by atoms with Gasteiger partial charge in [0.15, 0.2) is 0 Å². The molecule has 2 N–H and O–H groups in total. The van der Waals surface area contributed by atoms with Crippen LogP contribution in [0, 0.1) is 0 Å². The Bertz CT molecular complexity index is 1210. The predicted molar refractivity (Wildman–Crippen MR) is 122 cm³/mol. The van der Waals surface area contributed by atoms with Gasteiger partial charge in [0, 0.05) is 39.4 Å². The van der Waals surface area contributed by atoms with Crippen LogP contribution in [0.3, 0.4) is 0 Å². The molecular weight excluding hydrogens is 394 g/mol. The Hall–Kier alpha value is -3.08. The third kappa shape index (κ3) is 3.38. The Morgan fingerprint density at radius 2 is 1.77 bits per heavy atom. The van der Waals surface area contributed by atoms with Crippen molar-refractivity contribution in [3.63, 3.8) is 0 Å². The number of nitrogens with zero attached hydrogens (tertiary/aromatic N) is 1. The molecule has 1 aliphatic rings. The summed E-state index contributed by atoms with van der Waals surface area (Å²) in [5.74, 6) is -0.146. The van der Waals surface area contributed by atoms with Crippen LogP contribution in [-0.2, 0) is 6.42 Å². The molecule has 3 aromatic carbocycles. The number of aromatic amines is 1. The summed E-state index contributed by atoms with van der Waals surface area (Å²) in [5, 5.41) is 4.89. The van der Waals surface area contributed by atoms with Gasteiger partial charge in [-0.2, -0.15) is 0 Å². The van der Waals surface area contributed by atoms with Crippen molar-refractivity contribution in [2.24, 2.45) is 0 Å². The molecule has 1 amide bonds. The van der Waals surface area contributed by atoms with Gasteiger partial charge in [-0.1, -0.05) is 41.9 Å². The third-order valence-electron chi connectivity index (χ3n) is 5.87. The molecule has 4 nitrogen and oxygen atoms in total. The van der Waals surface area contributed by atoms with Crippen LogP contribution in [0.2, 0.25) is 5.02 Å². The van der Waals surface area contributed by atoms with Crippen LogP contribution in [0.4, 0.5) is 5.69 Å². The van der Waals surface area contributed by atoms with E-state index < -0.39 is 0 Å². The van der Waals surface area contributed by atoms with Gasteiger partial charge in [-0.15, -0.1) is 0 Å². The molecule has 2 heterocycles. The van der Waals surface area contributed by atoms with Crippen LogP contribution in [0.1, 0.15) is 33.2 Å². The number of aromatic nitrogens is 1. The highest BCUT2D eigenvalue weighted by Gasteiger charge is 2.29. The molecule has 1 aromatic heterocycles. The molecule has 5 rings (SSSR count). The van der Waals surface area contributed by atoms with E-state index in [1.54, 1.807) is 24.3 Å². The zero-order chi connectivity index (χ0) is 20.7. The first kappa shape index (κ1) is 18.9. The first-order valence-electron chi connectivity index (χ1n) is 10.1. The van der Waals surface area contributed by atoms with Crippen molar-refractivity contribution in [2.45, 2.75) is 12.5 Å². The fourth-order valence-corrected chi connectivity index (χ4v) is 4.46. The fraction of sp³-hybridized carbons (Fsp3) is 0.160. The molecule has 1 atom stereocenters. The number of carbonyl (C=O) groups is 1. The maximum absolute atomic E-state index is 12.5. The number of halogens is 1. The second kappa shape index (κ2) is 7.63. The van der Waals surface area contributed by atoms with E-state index in [-0.39, 0.29) is 11.9 Å². The molecule has 0 bridgehead atoms. The van der Waals surface area contributed by atoms with Gasteiger partial charge in [0.1, 0.15) is 0 Å². The highest BCUT2D eigenvalue weighted by Crippen LogP contribution is 2.37. The van der Waals surface area contributed by atoms with Crippen LogP contribution in [0.15, 0.2) is 72.8 Å².